The lowest BCUT2D eigenvalue weighted by Gasteiger charge is -2.50. The summed E-state index contributed by atoms with van der Waals surface area (Å²) in [5.41, 5.74) is -5.38. The summed E-state index contributed by atoms with van der Waals surface area (Å²) in [6, 6.07) is 9.03. The number of aliphatic hydroxyl groups excluding tert-OH is 1. The molecule has 61 heavy (non-hydrogen) atoms. The molecule has 3 fully saturated rings. The van der Waals surface area contributed by atoms with Crippen molar-refractivity contribution in [1.29, 1.82) is 0 Å². The molecule has 1 aromatic carbocycles. The molecule has 2 N–H and O–H groups in total. The van der Waals surface area contributed by atoms with Crippen LogP contribution in [0, 0.1) is 17.8 Å². The maximum Gasteiger partial charge on any atom is 0.351 e. The number of alkyl halides is 1. The van der Waals surface area contributed by atoms with E-state index in [-0.39, 0.29) is 26.1 Å². The summed E-state index contributed by atoms with van der Waals surface area (Å²) >= 11 is 0. The highest BCUT2D eigenvalue weighted by molar-refractivity contribution is 6.08. The number of aliphatic imine (C=N–C) groups is 1. The van der Waals surface area contributed by atoms with Gasteiger partial charge in [-0.25, -0.2) is 14.2 Å². The molecular weight excluding hydrogens is 788 g/mol. The Morgan fingerprint density at radius 3 is 2.26 bits per heavy atom. The van der Waals surface area contributed by atoms with Crippen molar-refractivity contribution in [3.8, 4) is 0 Å². The molecule has 0 aromatic heterocycles. The molecule has 3 heterocycles. The first-order valence-electron chi connectivity index (χ1n) is 21.5. The minimum Gasteiger partial charge on any atom is -0.457 e. The zero-order valence-corrected chi connectivity index (χ0v) is 38.6. The minimum absolute atomic E-state index is 0.0252. The smallest absolute Gasteiger partial charge is 0.351 e. The third kappa shape index (κ3) is 11.9. The average Bonchev–Trinajstić information content (AvgIpc) is 3.18. The van der Waals surface area contributed by atoms with E-state index in [2.05, 4.69) is 4.99 Å². The molecule has 1 amide bonds. The lowest BCUT2D eigenvalue weighted by molar-refractivity contribution is -0.324. The van der Waals surface area contributed by atoms with Crippen molar-refractivity contribution < 1.29 is 57.4 Å². The van der Waals surface area contributed by atoms with Crippen LogP contribution in [-0.2, 0) is 42.8 Å². The Kier molecular flexibility index (Phi) is 16.6. The molecule has 342 valence electrons. The first-order valence-corrected chi connectivity index (χ1v) is 21.5. The van der Waals surface area contributed by atoms with E-state index < -0.39 is 107 Å². The number of rotatable bonds is 7. The van der Waals surface area contributed by atoms with Crippen molar-refractivity contribution in [2.24, 2.45) is 22.7 Å². The fourth-order valence-corrected chi connectivity index (χ4v) is 9.17. The number of amides is 1. The molecule has 3 saturated heterocycles. The minimum atomic E-state index is -3.21. The van der Waals surface area contributed by atoms with Crippen LogP contribution in [0.5, 0.6) is 0 Å². The number of hydrogen-bond acceptors (Lipinski definition) is 12. The first-order chi connectivity index (χ1) is 28.2. The fourth-order valence-electron chi connectivity index (χ4n) is 9.17. The molecule has 14 atom stereocenters. The van der Waals surface area contributed by atoms with Gasteiger partial charge in [-0.1, -0.05) is 76.3 Å². The van der Waals surface area contributed by atoms with Gasteiger partial charge in [0.1, 0.15) is 23.9 Å². The Bertz CT molecular complexity index is 1770. The van der Waals surface area contributed by atoms with Crippen molar-refractivity contribution in [3.63, 3.8) is 0 Å². The van der Waals surface area contributed by atoms with Crippen LogP contribution in [0.25, 0.3) is 6.08 Å². The van der Waals surface area contributed by atoms with Crippen LogP contribution in [0.2, 0.25) is 0 Å². The number of nitrogens with zero attached hydrogens (tertiary/aromatic N) is 2. The maximum absolute atomic E-state index is 17.0. The number of Topliss-reactive ketones (excluding diaryl/α,β-unsaturated/α-hetero) is 1. The van der Waals surface area contributed by atoms with Gasteiger partial charge in [-0.3, -0.25) is 9.59 Å². The number of fused-ring (bicyclic) bond motifs is 5. The maximum atomic E-state index is 17.0. The zero-order valence-electron chi connectivity index (χ0n) is 38.6. The third-order valence-corrected chi connectivity index (χ3v) is 12.2. The standard InChI is InChI=1S/C47H71FN2O11/c1-15-34-47(12,55)41-28(3)35(49-31(6)51)27(2)24-45(10,57-26-33(25-56-41)23-19-22-32-20-17-16-18-21-32)40(29(4)39(53)46(11,48)43(54)59-34)60-42-37(52)36(50(13)14)38(30(5)58-42)61-44(7,8)9/h16-23,27-30,34,36-38,40-42,52,55H,15,24-26H2,1-14H3/b22-19+,33-23+,49-35?/t27-,28+,29+,30-,34-,36-,37-,38-,40-,41-,42+,45-,46+,47-/m1/s1. The summed E-state index contributed by atoms with van der Waals surface area (Å²) < 4.78 is 55.9. The number of cyclic esters (lactones) is 1. The van der Waals surface area contributed by atoms with E-state index in [1.807, 2.05) is 81.2 Å². The van der Waals surface area contributed by atoms with Crippen LogP contribution in [0.3, 0.4) is 0 Å². The molecule has 4 rings (SSSR count). The largest absolute Gasteiger partial charge is 0.457 e. The first kappa shape index (κ1) is 50.4. The normalized spacial score (nSPS) is 40.1. The Balaban J connectivity index is 2.00. The van der Waals surface area contributed by atoms with Crippen molar-refractivity contribution in [3.05, 3.63) is 53.6 Å². The van der Waals surface area contributed by atoms with E-state index in [9.17, 15) is 24.6 Å². The van der Waals surface area contributed by atoms with Gasteiger partial charge in [-0.2, -0.15) is 0 Å². The number of aliphatic hydroxyl groups is 2. The Hall–Kier alpha value is -3.21. The van der Waals surface area contributed by atoms with Gasteiger partial charge in [0.25, 0.3) is 5.67 Å². The average molecular weight is 859 g/mol. The number of esters is 1. The lowest BCUT2D eigenvalue weighted by Crippen LogP contribution is -2.66. The Morgan fingerprint density at radius 1 is 1.05 bits per heavy atom. The van der Waals surface area contributed by atoms with Gasteiger partial charge < -0.3 is 43.5 Å². The number of ether oxygens (including phenoxy) is 6. The molecule has 1 aromatic rings. The van der Waals surface area contributed by atoms with E-state index in [1.165, 1.54) is 20.8 Å². The number of hydrogen-bond donors (Lipinski definition) is 2. The van der Waals surface area contributed by atoms with Gasteiger partial charge >= 0.3 is 5.97 Å². The molecule has 14 heteroatoms. The van der Waals surface area contributed by atoms with E-state index in [1.54, 1.807) is 41.8 Å². The van der Waals surface area contributed by atoms with Crippen LogP contribution in [-0.4, -0.2) is 137 Å². The number of allylic oxidation sites excluding steroid dienone is 2. The van der Waals surface area contributed by atoms with Crippen LogP contribution >= 0.6 is 0 Å². The number of ketones is 1. The molecule has 2 bridgehead atoms. The number of likely N-dealkylation sites (N-methyl/N-ethyl adjacent to an activating group) is 1. The molecule has 0 saturated carbocycles. The van der Waals surface area contributed by atoms with Gasteiger partial charge in [-0.05, 0) is 92.5 Å². The quantitative estimate of drug-likeness (QED) is 0.241. The zero-order chi connectivity index (χ0) is 45.8. The molecular formula is C47H71FN2O11. The highest BCUT2D eigenvalue weighted by atomic mass is 19.1. The molecule has 3 aliphatic heterocycles. The Morgan fingerprint density at radius 2 is 1.69 bits per heavy atom. The van der Waals surface area contributed by atoms with Crippen molar-refractivity contribution in [1.82, 2.24) is 4.90 Å². The van der Waals surface area contributed by atoms with E-state index in [4.69, 9.17) is 28.4 Å². The molecule has 3 aliphatic rings. The van der Waals surface area contributed by atoms with Gasteiger partial charge in [0, 0.05) is 24.5 Å². The van der Waals surface area contributed by atoms with Gasteiger partial charge in [0.05, 0.1) is 48.8 Å². The number of carbonyl (C=O) groups is 3. The highest BCUT2D eigenvalue weighted by Gasteiger charge is 2.57. The van der Waals surface area contributed by atoms with Gasteiger partial charge in [0.15, 0.2) is 12.1 Å². The summed E-state index contributed by atoms with van der Waals surface area (Å²) in [6.07, 6.45) is -2.18. The second-order valence-electron chi connectivity index (χ2n) is 19.0. The molecule has 13 nitrogen and oxygen atoms in total. The number of halogens is 1. The molecule has 0 spiro atoms. The SMILES string of the molecule is CC[C@H]1OC(=O)[C@@](C)(F)C(=O)[C@H](C)[C@@H](O[C@@H]2O[C@H](C)[C@@H](OC(C)(C)C)[C@H](N(C)C)[C@H]2O)[C@@]2(C)C[C@@H](C)C(=NC(C)=O)[C@H](C)[C@@H](OC/C(=C\C=C\c3ccccc3)CO2)[C@]1(C)O. The number of carbonyl (C=O) groups excluding carboxylic acids is 3. The second kappa shape index (κ2) is 20.1. The summed E-state index contributed by atoms with van der Waals surface area (Å²) in [6.45, 7) is 19.4. The second-order valence-corrected chi connectivity index (χ2v) is 19.0. The van der Waals surface area contributed by atoms with E-state index in [0.717, 1.165) is 12.5 Å². The lowest BCUT2D eigenvalue weighted by atomic mass is 9.73. The summed E-state index contributed by atoms with van der Waals surface area (Å²) in [5, 5.41) is 24.5. The van der Waals surface area contributed by atoms with E-state index >= 15 is 4.39 Å². The fraction of sp³-hybridized carbons (Fsp3) is 0.702. The predicted molar refractivity (Wildman–Crippen MR) is 231 cm³/mol. The summed E-state index contributed by atoms with van der Waals surface area (Å²) in [5.74, 6) is -5.95. The molecule has 0 radical (unpaired) electrons. The molecule has 0 aliphatic carbocycles. The number of benzene rings is 1. The van der Waals surface area contributed by atoms with Crippen molar-refractivity contribution in [2.75, 3.05) is 27.3 Å². The van der Waals surface area contributed by atoms with Crippen molar-refractivity contribution >= 4 is 29.4 Å². The Labute approximate surface area is 362 Å². The highest BCUT2D eigenvalue weighted by Crippen LogP contribution is 2.42. The topological polar surface area (TPSA) is 163 Å². The van der Waals surface area contributed by atoms with Gasteiger partial charge in [-0.15, -0.1) is 0 Å². The van der Waals surface area contributed by atoms with Crippen LogP contribution < -0.4 is 0 Å². The summed E-state index contributed by atoms with van der Waals surface area (Å²) in [4.78, 5) is 47.7. The third-order valence-electron chi connectivity index (χ3n) is 12.2. The van der Waals surface area contributed by atoms with Crippen molar-refractivity contribution in [2.45, 2.75) is 167 Å². The summed E-state index contributed by atoms with van der Waals surface area (Å²) in [7, 11) is 3.61. The van der Waals surface area contributed by atoms with Crippen LogP contribution in [0.15, 0.2) is 53.0 Å². The van der Waals surface area contributed by atoms with Crippen LogP contribution in [0.1, 0.15) is 101 Å². The predicted octanol–water partition coefficient (Wildman–Crippen LogP) is 6.07. The monoisotopic (exact) mass is 859 g/mol. The van der Waals surface area contributed by atoms with E-state index in [0.29, 0.717) is 11.3 Å². The van der Waals surface area contributed by atoms with Gasteiger partial charge in [0.2, 0.25) is 5.91 Å². The van der Waals surface area contributed by atoms with Crippen LogP contribution in [0.4, 0.5) is 4.39 Å². The molecule has 0 unspecified atom stereocenters.